The van der Waals surface area contributed by atoms with Crippen molar-refractivity contribution in [1.82, 2.24) is 34.4 Å². The fourth-order valence-corrected chi connectivity index (χ4v) is 2.69. The third kappa shape index (κ3) is 2.85. The van der Waals surface area contributed by atoms with Crippen LogP contribution in [0.3, 0.4) is 0 Å². The van der Waals surface area contributed by atoms with Crippen LogP contribution in [-0.4, -0.2) is 59.5 Å². The van der Waals surface area contributed by atoms with E-state index in [1.807, 2.05) is 0 Å². The Morgan fingerprint density at radius 3 is 2.92 bits per heavy atom. The van der Waals surface area contributed by atoms with Crippen molar-refractivity contribution in [1.29, 1.82) is 0 Å². The largest absolute Gasteiger partial charge is 0.350 e. The van der Waals surface area contributed by atoms with Gasteiger partial charge in [0.05, 0.1) is 17.4 Å². The van der Waals surface area contributed by atoms with Gasteiger partial charge in [-0.1, -0.05) is 11.6 Å². The summed E-state index contributed by atoms with van der Waals surface area (Å²) >= 11 is 5.77. The van der Waals surface area contributed by atoms with Crippen LogP contribution >= 0.6 is 11.6 Å². The van der Waals surface area contributed by atoms with Crippen molar-refractivity contribution in [2.75, 3.05) is 18.4 Å². The summed E-state index contributed by atoms with van der Waals surface area (Å²) in [7, 11) is 0. The van der Waals surface area contributed by atoms with E-state index >= 15 is 0 Å². The molecular weight excluding hydrogens is 332 g/mol. The molecule has 1 saturated heterocycles. The average molecular weight is 345 g/mol. The number of hydrogen-bond acceptors (Lipinski definition) is 7. The lowest BCUT2D eigenvalue weighted by atomic mass is 10.3. The summed E-state index contributed by atoms with van der Waals surface area (Å²) in [6, 6.07) is 1.81. The van der Waals surface area contributed by atoms with Crippen LogP contribution in [0.25, 0.3) is 5.78 Å². The van der Waals surface area contributed by atoms with Gasteiger partial charge in [0.1, 0.15) is 0 Å². The highest BCUT2D eigenvalue weighted by atomic mass is 35.5. The van der Waals surface area contributed by atoms with Crippen LogP contribution < -0.4 is 5.32 Å². The van der Waals surface area contributed by atoms with E-state index in [0.29, 0.717) is 29.8 Å². The monoisotopic (exact) mass is 344 g/mol. The van der Waals surface area contributed by atoms with E-state index in [2.05, 4.69) is 30.4 Å². The molecule has 1 amide bonds. The van der Waals surface area contributed by atoms with E-state index < -0.39 is 0 Å². The molecule has 122 valence electrons. The molecule has 1 N–H and O–H groups in total. The Hall–Kier alpha value is -2.81. The average Bonchev–Trinajstić information content (AvgIpc) is 3.23. The Morgan fingerprint density at radius 2 is 2.12 bits per heavy atom. The molecule has 24 heavy (non-hydrogen) atoms. The molecule has 0 spiro atoms. The number of fused-ring (bicyclic) bond motifs is 1. The number of carbonyl (C=O) groups is 1. The minimum Gasteiger partial charge on any atom is -0.350 e. The van der Waals surface area contributed by atoms with Crippen molar-refractivity contribution in [3.63, 3.8) is 0 Å². The zero-order chi connectivity index (χ0) is 16.5. The Balaban J connectivity index is 1.44. The Bertz CT molecular complexity index is 847. The van der Waals surface area contributed by atoms with Crippen LogP contribution in [0.2, 0.25) is 5.02 Å². The van der Waals surface area contributed by atoms with Crippen LogP contribution in [0.1, 0.15) is 17.0 Å². The number of rotatable bonds is 3. The Kier molecular flexibility index (Phi) is 3.69. The lowest BCUT2D eigenvalue weighted by Crippen LogP contribution is -2.32. The summed E-state index contributed by atoms with van der Waals surface area (Å²) in [5, 5.41) is 7.85. The van der Waals surface area contributed by atoms with Gasteiger partial charge in [0.15, 0.2) is 0 Å². The molecule has 3 aromatic rings. The quantitative estimate of drug-likeness (QED) is 0.753. The molecule has 1 aliphatic rings. The predicted molar refractivity (Wildman–Crippen MR) is 85.8 cm³/mol. The van der Waals surface area contributed by atoms with E-state index in [1.54, 1.807) is 23.4 Å². The predicted octanol–water partition coefficient (Wildman–Crippen LogP) is 0.894. The van der Waals surface area contributed by atoms with Gasteiger partial charge in [-0.3, -0.25) is 4.79 Å². The van der Waals surface area contributed by atoms with Crippen molar-refractivity contribution < 1.29 is 4.79 Å². The number of likely N-dealkylation sites (tertiary alicyclic amines) is 1. The van der Waals surface area contributed by atoms with Crippen molar-refractivity contribution in [2.45, 2.75) is 12.5 Å². The van der Waals surface area contributed by atoms with Gasteiger partial charge < -0.3 is 10.2 Å². The molecule has 0 aromatic carbocycles. The molecule has 9 nitrogen and oxygen atoms in total. The number of hydrogen-bond donors (Lipinski definition) is 1. The Labute approximate surface area is 141 Å². The molecule has 4 heterocycles. The van der Waals surface area contributed by atoms with Crippen LogP contribution in [0.5, 0.6) is 0 Å². The Morgan fingerprint density at radius 1 is 1.29 bits per heavy atom. The van der Waals surface area contributed by atoms with Crippen LogP contribution in [-0.2, 0) is 0 Å². The molecule has 1 aliphatic heterocycles. The second-order valence-electron chi connectivity index (χ2n) is 5.41. The first kappa shape index (κ1) is 14.8. The SMILES string of the molecule is O=C(c1nc2ncccn2n1)N1CC[C@H](Nc2ncc(Cl)cn2)C1. The third-order valence-corrected chi connectivity index (χ3v) is 3.93. The van der Waals surface area contributed by atoms with E-state index in [9.17, 15) is 4.79 Å². The number of aromatic nitrogens is 6. The number of anilines is 1. The van der Waals surface area contributed by atoms with Gasteiger partial charge in [0.2, 0.25) is 11.8 Å². The molecular formula is C14H13ClN8O. The van der Waals surface area contributed by atoms with Gasteiger partial charge in [-0.2, -0.15) is 4.98 Å². The number of carbonyl (C=O) groups excluding carboxylic acids is 1. The maximum Gasteiger partial charge on any atom is 0.293 e. The molecule has 0 radical (unpaired) electrons. The molecule has 4 rings (SSSR count). The maximum absolute atomic E-state index is 12.5. The van der Waals surface area contributed by atoms with E-state index in [0.717, 1.165) is 6.42 Å². The summed E-state index contributed by atoms with van der Waals surface area (Å²) in [6.07, 6.45) is 7.17. The molecule has 0 aliphatic carbocycles. The number of nitrogens with zero attached hydrogens (tertiary/aromatic N) is 7. The van der Waals surface area contributed by atoms with Crippen molar-refractivity contribution >= 4 is 29.2 Å². The fraction of sp³-hybridized carbons (Fsp3) is 0.286. The maximum atomic E-state index is 12.5. The summed E-state index contributed by atoms with van der Waals surface area (Å²) in [6.45, 7) is 1.15. The van der Waals surface area contributed by atoms with E-state index in [1.165, 1.54) is 16.9 Å². The second kappa shape index (κ2) is 6.00. The number of nitrogens with one attached hydrogen (secondary N) is 1. The van der Waals surface area contributed by atoms with Gasteiger partial charge >= 0.3 is 0 Å². The number of halogens is 1. The summed E-state index contributed by atoms with van der Waals surface area (Å²) in [5.74, 6) is 0.844. The van der Waals surface area contributed by atoms with Crippen LogP contribution in [0, 0.1) is 0 Å². The normalized spacial score (nSPS) is 17.4. The highest BCUT2D eigenvalue weighted by Gasteiger charge is 2.29. The topological polar surface area (TPSA) is 101 Å². The highest BCUT2D eigenvalue weighted by molar-refractivity contribution is 6.30. The van der Waals surface area contributed by atoms with Gasteiger partial charge in [-0.15, -0.1) is 5.10 Å². The molecule has 10 heteroatoms. The minimum absolute atomic E-state index is 0.0743. The molecule has 1 atom stereocenters. The van der Waals surface area contributed by atoms with Crippen LogP contribution in [0.15, 0.2) is 30.9 Å². The fourth-order valence-electron chi connectivity index (χ4n) is 2.60. The first-order valence-corrected chi connectivity index (χ1v) is 7.77. The molecule has 3 aromatic heterocycles. The molecule has 1 fully saturated rings. The van der Waals surface area contributed by atoms with Crippen molar-refractivity contribution in [3.8, 4) is 0 Å². The zero-order valence-corrected chi connectivity index (χ0v) is 13.3. The first-order valence-electron chi connectivity index (χ1n) is 7.40. The smallest absolute Gasteiger partial charge is 0.293 e. The van der Waals surface area contributed by atoms with Gasteiger partial charge in [0, 0.05) is 31.5 Å². The van der Waals surface area contributed by atoms with Crippen molar-refractivity contribution in [3.05, 3.63) is 41.7 Å². The standard InChI is InChI=1S/C14H13ClN8O/c15-9-6-17-13(18-7-9)19-10-2-5-22(8-10)12(24)11-20-14-16-3-1-4-23(14)21-11/h1,3-4,6-7,10H,2,5,8H2,(H,17,18,19)/t10-/m0/s1. The first-order chi connectivity index (χ1) is 11.7. The van der Waals surface area contributed by atoms with Crippen LogP contribution in [0.4, 0.5) is 5.95 Å². The lowest BCUT2D eigenvalue weighted by Gasteiger charge is -2.15. The summed E-state index contributed by atoms with van der Waals surface area (Å²) in [5.41, 5.74) is 0. The third-order valence-electron chi connectivity index (χ3n) is 3.74. The zero-order valence-electron chi connectivity index (χ0n) is 12.5. The highest BCUT2D eigenvalue weighted by Crippen LogP contribution is 2.16. The van der Waals surface area contributed by atoms with E-state index in [-0.39, 0.29) is 17.8 Å². The van der Waals surface area contributed by atoms with Gasteiger partial charge in [-0.05, 0) is 12.5 Å². The minimum atomic E-state index is -0.207. The second-order valence-corrected chi connectivity index (χ2v) is 5.84. The van der Waals surface area contributed by atoms with Gasteiger partial charge in [-0.25, -0.2) is 19.5 Å². The molecule has 0 unspecified atom stereocenters. The summed E-state index contributed by atoms with van der Waals surface area (Å²) < 4.78 is 1.49. The van der Waals surface area contributed by atoms with E-state index in [4.69, 9.17) is 11.6 Å². The lowest BCUT2D eigenvalue weighted by molar-refractivity contribution is 0.0780. The number of amides is 1. The summed E-state index contributed by atoms with van der Waals surface area (Å²) in [4.78, 5) is 30.7. The van der Waals surface area contributed by atoms with Gasteiger partial charge in [0.25, 0.3) is 11.7 Å². The molecule has 0 saturated carbocycles. The van der Waals surface area contributed by atoms with Crippen molar-refractivity contribution in [2.24, 2.45) is 0 Å². The molecule has 0 bridgehead atoms.